The zero-order valence-corrected chi connectivity index (χ0v) is 9.47. The second-order valence-corrected chi connectivity index (χ2v) is 3.34. The van der Waals surface area contributed by atoms with E-state index in [1.165, 1.54) is 13.2 Å². The zero-order chi connectivity index (χ0) is 13.1. The maximum atomic E-state index is 12.8. The second kappa shape index (κ2) is 5.27. The number of benzene rings is 1. The standard InChI is InChI=1S/C11H13F3O3/c1-16-8-5-7(3-4-15)10(17-2)9(6-8)11(12,13)14/h5-6,15H,3-4H2,1-2H3. The van der Waals surface area contributed by atoms with Crippen LogP contribution < -0.4 is 9.47 Å². The molecule has 0 saturated heterocycles. The van der Waals surface area contributed by atoms with Crippen LogP contribution in [0.2, 0.25) is 0 Å². The van der Waals surface area contributed by atoms with Crippen molar-refractivity contribution in [2.24, 2.45) is 0 Å². The van der Waals surface area contributed by atoms with Gasteiger partial charge in [-0.25, -0.2) is 0 Å². The van der Waals surface area contributed by atoms with Crippen molar-refractivity contribution in [3.05, 3.63) is 23.3 Å². The third kappa shape index (κ3) is 3.03. The van der Waals surface area contributed by atoms with Gasteiger partial charge in [0.1, 0.15) is 17.1 Å². The number of aliphatic hydroxyl groups is 1. The molecule has 0 saturated carbocycles. The lowest BCUT2D eigenvalue weighted by molar-refractivity contribution is -0.138. The number of hydrogen-bond donors (Lipinski definition) is 1. The minimum atomic E-state index is -4.52. The molecule has 0 fully saturated rings. The molecule has 0 aliphatic rings. The summed E-state index contributed by atoms with van der Waals surface area (Å²) in [6, 6.07) is 2.30. The van der Waals surface area contributed by atoms with Gasteiger partial charge in [-0.2, -0.15) is 13.2 Å². The van der Waals surface area contributed by atoms with Crippen molar-refractivity contribution in [3.8, 4) is 11.5 Å². The fourth-order valence-corrected chi connectivity index (χ4v) is 1.54. The van der Waals surface area contributed by atoms with E-state index in [1.54, 1.807) is 0 Å². The molecule has 0 bridgehead atoms. The van der Waals surface area contributed by atoms with Gasteiger partial charge in [0.2, 0.25) is 0 Å². The highest BCUT2D eigenvalue weighted by molar-refractivity contribution is 5.48. The number of methoxy groups -OCH3 is 2. The Morgan fingerprint density at radius 1 is 1.18 bits per heavy atom. The Kier molecular flexibility index (Phi) is 4.22. The van der Waals surface area contributed by atoms with Crippen molar-refractivity contribution in [2.75, 3.05) is 20.8 Å². The quantitative estimate of drug-likeness (QED) is 0.890. The lowest BCUT2D eigenvalue weighted by Gasteiger charge is -2.17. The van der Waals surface area contributed by atoms with Crippen LogP contribution in [0.25, 0.3) is 0 Å². The molecule has 17 heavy (non-hydrogen) atoms. The van der Waals surface area contributed by atoms with E-state index in [1.807, 2.05) is 0 Å². The third-order valence-corrected chi connectivity index (χ3v) is 2.27. The van der Waals surface area contributed by atoms with Gasteiger partial charge in [-0.05, 0) is 18.6 Å². The molecule has 0 aliphatic carbocycles. The highest BCUT2D eigenvalue weighted by atomic mass is 19.4. The summed E-state index contributed by atoms with van der Waals surface area (Å²) in [6.45, 7) is -0.263. The van der Waals surface area contributed by atoms with E-state index in [4.69, 9.17) is 14.6 Å². The van der Waals surface area contributed by atoms with E-state index in [0.29, 0.717) is 0 Å². The Bertz CT molecular complexity index is 388. The van der Waals surface area contributed by atoms with E-state index in [9.17, 15) is 13.2 Å². The first-order valence-electron chi connectivity index (χ1n) is 4.87. The topological polar surface area (TPSA) is 38.7 Å². The Morgan fingerprint density at radius 2 is 1.82 bits per heavy atom. The SMILES string of the molecule is COc1cc(CCO)c(OC)c(C(F)(F)F)c1. The average Bonchev–Trinajstić information content (AvgIpc) is 2.27. The van der Waals surface area contributed by atoms with Crippen LogP contribution >= 0.6 is 0 Å². The number of alkyl halides is 3. The monoisotopic (exact) mass is 250 g/mol. The maximum Gasteiger partial charge on any atom is 0.420 e. The van der Waals surface area contributed by atoms with Crippen LogP contribution in [0.5, 0.6) is 11.5 Å². The summed E-state index contributed by atoms with van der Waals surface area (Å²) in [6.07, 6.45) is -4.45. The molecule has 96 valence electrons. The smallest absolute Gasteiger partial charge is 0.420 e. The molecule has 6 heteroatoms. The number of halogens is 3. The van der Waals surface area contributed by atoms with Crippen LogP contribution in [-0.4, -0.2) is 25.9 Å². The average molecular weight is 250 g/mol. The van der Waals surface area contributed by atoms with Gasteiger partial charge >= 0.3 is 6.18 Å². The first-order valence-corrected chi connectivity index (χ1v) is 4.87. The fraction of sp³-hybridized carbons (Fsp3) is 0.455. The molecular weight excluding hydrogens is 237 g/mol. The number of rotatable bonds is 4. The maximum absolute atomic E-state index is 12.8. The third-order valence-electron chi connectivity index (χ3n) is 2.27. The zero-order valence-electron chi connectivity index (χ0n) is 9.47. The second-order valence-electron chi connectivity index (χ2n) is 3.34. The molecule has 0 aliphatic heterocycles. The summed E-state index contributed by atoms with van der Waals surface area (Å²) in [5.74, 6) is -0.186. The lowest BCUT2D eigenvalue weighted by Crippen LogP contribution is -2.10. The molecule has 0 amide bonds. The van der Waals surface area contributed by atoms with Gasteiger partial charge in [0.15, 0.2) is 0 Å². The highest BCUT2D eigenvalue weighted by Gasteiger charge is 2.36. The molecule has 0 aromatic heterocycles. The largest absolute Gasteiger partial charge is 0.497 e. The molecule has 1 N–H and O–H groups in total. The minimum absolute atomic E-state index is 0.0729. The van der Waals surface area contributed by atoms with Crippen LogP contribution in [0.4, 0.5) is 13.2 Å². The molecule has 0 spiro atoms. The molecule has 1 aromatic rings. The van der Waals surface area contributed by atoms with E-state index >= 15 is 0 Å². The van der Waals surface area contributed by atoms with Gasteiger partial charge in [-0.1, -0.05) is 0 Å². The molecular formula is C11H13F3O3. The number of ether oxygens (including phenoxy) is 2. The van der Waals surface area contributed by atoms with Crippen LogP contribution in [-0.2, 0) is 12.6 Å². The van der Waals surface area contributed by atoms with Gasteiger partial charge in [0, 0.05) is 12.2 Å². The molecule has 0 heterocycles. The molecule has 0 atom stereocenters. The Hall–Kier alpha value is -1.43. The molecule has 1 aromatic carbocycles. The van der Waals surface area contributed by atoms with E-state index in [0.717, 1.165) is 13.2 Å². The van der Waals surface area contributed by atoms with Gasteiger partial charge in [-0.3, -0.25) is 0 Å². The van der Waals surface area contributed by atoms with Crippen LogP contribution in [0.3, 0.4) is 0 Å². The fourth-order valence-electron chi connectivity index (χ4n) is 1.54. The summed E-state index contributed by atoms with van der Waals surface area (Å²) in [4.78, 5) is 0. The number of aliphatic hydroxyl groups excluding tert-OH is 1. The van der Waals surface area contributed by atoms with Crippen molar-refractivity contribution in [1.82, 2.24) is 0 Å². The molecule has 1 rings (SSSR count). The lowest BCUT2D eigenvalue weighted by atomic mass is 10.0. The van der Waals surface area contributed by atoms with Crippen LogP contribution in [0.15, 0.2) is 12.1 Å². The van der Waals surface area contributed by atoms with Crippen molar-refractivity contribution in [1.29, 1.82) is 0 Å². The van der Waals surface area contributed by atoms with Crippen molar-refractivity contribution < 1.29 is 27.8 Å². The molecule has 3 nitrogen and oxygen atoms in total. The Labute approximate surface area is 96.8 Å². The normalized spacial score (nSPS) is 11.4. The van der Waals surface area contributed by atoms with E-state index in [2.05, 4.69) is 0 Å². The first-order chi connectivity index (χ1) is 7.93. The summed E-state index contributed by atoms with van der Waals surface area (Å²) in [7, 11) is 2.45. The summed E-state index contributed by atoms with van der Waals surface area (Å²) in [5.41, 5.74) is -0.635. The predicted molar refractivity (Wildman–Crippen MR) is 55.3 cm³/mol. The highest BCUT2D eigenvalue weighted by Crippen LogP contribution is 2.40. The first kappa shape index (κ1) is 13.6. The van der Waals surface area contributed by atoms with Gasteiger partial charge in [-0.15, -0.1) is 0 Å². The summed E-state index contributed by atoms with van der Waals surface area (Å²) >= 11 is 0. The van der Waals surface area contributed by atoms with Crippen molar-refractivity contribution >= 4 is 0 Å². The van der Waals surface area contributed by atoms with Gasteiger partial charge in [0.05, 0.1) is 14.2 Å². The number of hydrogen-bond acceptors (Lipinski definition) is 3. The Morgan fingerprint density at radius 3 is 2.24 bits per heavy atom. The molecule has 0 radical (unpaired) electrons. The summed E-state index contributed by atoms with van der Waals surface area (Å²) < 4.78 is 47.9. The van der Waals surface area contributed by atoms with Crippen LogP contribution in [0, 0.1) is 0 Å². The van der Waals surface area contributed by atoms with E-state index in [-0.39, 0.29) is 30.1 Å². The van der Waals surface area contributed by atoms with Crippen LogP contribution in [0.1, 0.15) is 11.1 Å². The summed E-state index contributed by atoms with van der Waals surface area (Å²) in [5, 5.41) is 8.82. The Balaban J connectivity index is 3.39. The van der Waals surface area contributed by atoms with Gasteiger partial charge < -0.3 is 14.6 Å². The minimum Gasteiger partial charge on any atom is -0.497 e. The molecule has 0 unspecified atom stereocenters. The predicted octanol–water partition coefficient (Wildman–Crippen LogP) is 2.26. The van der Waals surface area contributed by atoms with Gasteiger partial charge in [0.25, 0.3) is 0 Å². The van der Waals surface area contributed by atoms with Crippen molar-refractivity contribution in [3.63, 3.8) is 0 Å². The van der Waals surface area contributed by atoms with E-state index < -0.39 is 11.7 Å². The van der Waals surface area contributed by atoms with Crippen molar-refractivity contribution in [2.45, 2.75) is 12.6 Å².